The Morgan fingerprint density at radius 3 is 2.46 bits per heavy atom. The van der Waals surface area contributed by atoms with Crippen molar-refractivity contribution in [3.8, 4) is 11.5 Å². The minimum absolute atomic E-state index is 0.122. The third-order valence-electron chi connectivity index (χ3n) is 4.41. The fourth-order valence-electron chi connectivity index (χ4n) is 2.85. The maximum absolute atomic E-state index is 12.6. The number of carbonyl (C=O) groups is 2. The minimum atomic E-state index is -0.770. The number of ether oxygens (including phenoxy) is 2. The summed E-state index contributed by atoms with van der Waals surface area (Å²) in [6.45, 7) is 1.79. The van der Waals surface area contributed by atoms with Gasteiger partial charge >= 0.3 is 0 Å². The summed E-state index contributed by atoms with van der Waals surface area (Å²) in [5, 5.41) is 5.75. The smallest absolute Gasteiger partial charge is 0.269 e. The molecule has 0 bridgehead atoms. The van der Waals surface area contributed by atoms with Crippen LogP contribution in [0.4, 0.5) is 5.69 Å². The van der Waals surface area contributed by atoms with Gasteiger partial charge in [-0.3, -0.25) is 9.59 Å². The van der Waals surface area contributed by atoms with Crippen LogP contribution < -0.4 is 20.1 Å². The number of benzene rings is 2. The highest BCUT2D eigenvalue weighted by molar-refractivity contribution is 5.98. The van der Waals surface area contributed by atoms with Gasteiger partial charge in [0, 0.05) is 17.3 Å². The summed E-state index contributed by atoms with van der Waals surface area (Å²) in [6.07, 6.45) is 0.862. The van der Waals surface area contributed by atoms with E-state index in [0.29, 0.717) is 22.7 Å². The largest absolute Gasteiger partial charge is 0.482 e. The third-order valence-corrected chi connectivity index (χ3v) is 4.41. The van der Waals surface area contributed by atoms with Crippen LogP contribution in [0.5, 0.6) is 11.5 Å². The number of fused-ring (bicyclic) bond motifs is 1. The van der Waals surface area contributed by atoms with Crippen molar-refractivity contribution < 1.29 is 19.1 Å². The molecule has 4 rings (SSSR count). The maximum atomic E-state index is 12.6. The van der Waals surface area contributed by atoms with Crippen LogP contribution in [0, 0.1) is 0 Å². The van der Waals surface area contributed by atoms with Gasteiger partial charge in [-0.1, -0.05) is 18.2 Å². The molecule has 1 heterocycles. The zero-order chi connectivity index (χ0) is 18.1. The predicted octanol–water partition coefficient (Wildman–Crippen LogP) is 2.75. The molecule has 0 spiro atoms. The van der Waals surface area contributed by atoms with Crippen molar-refractivity contribution in [3.63, 3.8) is 0 Å². The number of rotatable bonds is 4. The molecule has 2 atom stereocenters. The fourth-order valence-corrected chi connectivity index (χ4v) is 2.85. The van der Waals surface area contributed by atoms with Crippen molar-refractivity contribution in [1.82, 2.24) is 5.32 Å². The lowest BCUT2D eigenvalue weighted by Gasteiger charge is -2.31. The van der Waals surface area contributed by atoms with Crippen molar-refractivity contribution in [1.29, 1.82) is 0 Å². The molecule has 0 unspecified atom stereocenters. The van der Waals surface area contributed by atoms with E-state index in [4.69, 9.17) is 9.47 Å². The number of amides is 2. The number of nitrogens with one attached hydrogen (secondary N) is 2. The summed E-state index contributed by atoms with van der Waals surface area (Å²) in [6, 6.07) is 14.4. The lowest BCUT2D eigenvalue weighted by molar-refractivity contribution is -0.128. The summed E-state index contributed by atoms with van der Waals surface area (Å²) in [4.78, 5) is 24.8. The summed E-state index contributed by atoms with van der Waals surface area (Å²) in [7, 11) is 0. The molecule has 0 saturated heterocycles. The zero-order valence-corrected chi connectivity index (χ0v) is 14.4. The molecule has 134 valence electrons. The number of para-hydroxylation sites is 2. The van der Waals surface area contributed by atoms with E-state index in [1.165, 1.54) is 0 Å². The first-order valence-electron chi connectivity index (χ1n) is 8.74. The van der Waals surface area contributed by atoms with Crippen molar-refractivity contribution in [2.45, 2.75) is 38.0 Å². The van der Waals surface area contributed by atoms with Gasteiger partial charge in [-0.2, -0.15) is 0 Å². The van der Waals surface area contributed by atoms with E-state index < -0.39 is 12.2 Å². The number of carbonyl (C=O) groups excluding carboxylic acids is 2. The average molecular weight is 352 g/mol. The second-order valence-corrected chi connectivity index (χ2v) is 6.63. The summed E-state index contributed by atoms with van der Waals surface area (Å²) >= 11 is 0. The van der Waals surface area contributed by atoms with Crippen LogP contribution in [-0.4, -0.2) is 30.1 Å². The molecular formula is C20H20N2O4. The Kier molecular flexibility index (Phi) is 4.24. The molecule has 1 aliphatic heterocycles. The maximum Gasteiger partial charge on any atom is 0.269 e. The first-order valence-corrected chi connectivity index (χ1v) is 8.74. The van der Waals surface area contributed by atoms with Crippen LogP contribution in [0.3, 0.4) is 0 Å². The minimum Gasteiger partial charge on any atom is -0.482 e. The molecule has 2 N–H and O–H groups in total. The van der Waals surface area contributed by atoms with Crippen molar-refractivity contribution >= 4 is 17.5 Å². The standard InChI is InChI=1S/C20H20N2O4/c1-12-18(26-17-8-3-2-7-16(17)25-12)20(24)22-15-6-4-5-13(11-15)19(23)21-14-9-10-14/h2-8,11-12,14,18H,9-10H2,1H3,(H,21,23)(H,22,24)/t12-,18-/m1/s1. The highest BCUT2D eigenvalue weighted by Crippen LogP contribution is 2.33. The normalized spacial score (nSPS) is 21.0. The Balaban J connectivity index is 1.45. The molecule has 6 heteroatoms. The van der Waals surface area contributed by atoms with E-state index >= 15 is 0 Å². The quantitative estimate of drug-likeness (QED) is 0.887. The molecule has 1 aliphatic carbocycles. The Morgan fingerprint density at radius 2 is 1.73 bits per heavy atom. The molecule has 26 heavy (non-hydrogen) atoms. The predicted molar refractivity (Wildman–Crippen MR) is 96.5 cm³/mol. The number of hydrogen-bond acceptors (Lipinski definition) is 4. The SMILES string of the molecule is C[C@H]1Oc2ccccc2O[C@H]1C(=O)Nc1cccc(C(=O)NC2CC2)c1. The van der Waals surface area contributed by atoms with Crippen molar-refractivity contribution in [2.24, 2.45) is 0 Å². The number of anilines is 1. The molecule has 0 aromatic heterocycles. The van der Waals surface area contributed by atoms with E-state index in [1.54, 1.807) is 37.3 Å². The van der Waals surface area contributed by atoms with Crippen LogP contribution in [0.25, 0.3) is 0 Å². The summed E-state index contributed by atoms with van der Waals surface area (Å²) in [5.41, 5.74) is 1.07. The molecule has 2 aromatic rings. The molecule has 2 aliphatic rings. The van der Waals surface area contributed by atoms with Gasteiger partial charge in [0.05, 0.1) is 0 Å². The second kappa shape index (κ2) is 6.71. The molecule has 1 saturated carbocycles. The van der Waals surface area contributed by atoms with Gasteiger partial charge in [-0.25, -0.2) is 0 Å². The zero-order valence-electron chi connectivity index (χ0n) is 14.4. The molecule has 0 radical (unpaired) electrons. The Hall–Kier alpha value is -3.02. The van der Waals surface area contributed by atoms with Gasteiger partial charge in [0.25, 0.3) is 11.8 Å². The average Bonchev–Trinajstić information content (AvgIpc) is 3.45. The van der Waals surface area contributed by atoms with E-state index in [2.05, 4.69) is 10.6 Å². The molecular weight excluding hydrogens is 332 g/mol. The van der Waals surface area contributed by atoms with E-state index in [9.17, 15) is 9.59 Å². The molecule has 6 nitrogen and oxygen atoms in total. The Labute approximate surface area is 151 Å². The lowest BCUT2D eigenvalue weighted by atomic mass is 10.1. The summed E-state index contributed by atoms with van der Waals surface area (Å²) < 4.78 is 11.6. The van der Waals surface area contributed by atoms with Gasteiger partial charge in [-0.15, -0.1) is 0 Å². The van der Waals surface area contributed by atoms with Crippen molar-refractivity contribution in [3.05, 3.63) is 54.1 Å². The Bertz CT molecular complexity index is 847. The highest BCUT2D eigenvalue weighted by atomic mass is 16.6. The van der Waals surface area contributed by atoms with Crippen LogP contribution in [-0.2, 0) is 4.79 Å². The van der Waals surface area contributed by atoms with Gasteiger partial charge in [0.2, 0.25) is 6.10 Å². The van der Waals surface area contributed by atoms with Gasteiger partial charge in [0.15, 0.2) is 11.5 Å². The highest BCUT2D eigenvalue weighted by Gasteiger charge is 2.34. The van der Waals surface area contributed by atoms with Crippen molar-refractivity contribution in [2.75, 3.05) is 5.32 Å². The van der Waals surface area contributed by atoms with Crippen LogP contribution in [0.1, 0.15) is 30.1 Å². The first kappa shape index (κ1) is 16.4. The second-order valence-electron chi connectivity index (χ2n) is 6.63. The molecule has 1 fully saturated rings. The third kappa shape index (κ3) is 3.49. The molecule has 2 amide bonds. The first-order chi connectivity index (χ1) is 12.6. The van der Waals surface area contributed by atoms with Crippen LogP contribution in [0.15, 0.2) is 48.5 Å². The van der Waals surface area contributed by atoms with Gasteiger partial charge < -0.3 is 20.1 Å². The molecule has 2 aromatic carbocycles. The topological polar surface area (TPSA) is 76.7 Å². The Morgan fingerprint density at radius 1 is 1.00 bits per heavy atom. The van der Waals surface area contributed by atoms with Gasteiger partial charge in [-0.05, 0) is 50.1 Å². The van der Waals surface area contributed by atoms with E-state index in [-0.39, 0.29) is 17.9 Å². The van der Waals surface area contributed by atoms with Crippen LogP contribution >= 0.6 is 0 Å². The van der Waals surface area contributed by atoms with E-state index in [0.717, 1.165) is 12.8 Å². The fraction of sp³-hybridized carbons (Fsp3) is 0.300. The lowest BCUT2D eigenvalue weighted by Crippen LogP contribution is -2.46. The monoisotopic (exact) mass is 352 g/mol. The van der Waals surface area contributed by atoms with Gasteiger partial charge in [0.1, 0.15) is 6.10 Å². The van der Waals surface area contributed by atoms with E-state index in [1.807, 2.05) is 18.2 Å². The number of hydrogen-bond donors (Lipinski definition) is 2. The summed E-state index contributed by atoms with van der Waals surface area (Å²) in [5.74, 6) is 0.737. The van der Waals surface area contributed by atoms with Crippen LogP contribution in [0.2, 0.25) is 0 Å².